The van der Waals surface area contributed by atoms with E-state index in [1.54, 1.807) is 30.3 Å². The van der Waals surface area contributed by atoms with Crippen LogP contribution in [0.2, 0.25) is 0 Å². The van der Waals surface area contributed by atoms with Gasteiger partial charge in [-0.2, -0.15) is 4.31 Å². The molecule has 7 nitrogen and oxygen atoms in total. The largest absolute Gasteiger partial charge is 0.465 e. The van der Waals surface area contributed by atoms with Gasteiger partial charge in [0, 0.05) is 24.7 Å². The number of hydrogen-bond acceptors (Lipinski definition) is 5. The van der Waals surface area contributed by atoms with E-state index in [-0.39, 0.29) is 29.8 Å². The summed E-state index contributed by atoms with van der Waals surface area (Å²) in [5, 5.41) is 2.88. The molecular weight excluding hydrogens is 416 g/mol. The van der Waals surface area contributed by atoms with Gasteiger partial charge in [-0.1, -0.05) is 12.1 Å². The molecule has 1 N–H and O–H groups in total. The fourth-order valence-corrected chi connectivity index (χ4v) is 5.17. The number of nitrogens with zero attached hydrogens (tertiary/aromatic N) is 1. The summed E-state index contributed by atoms with van der Waals surface area (Å²) < 4.78 is 32.1. The van der Waals surface area contributed by atoms with Crippen LogP contribution in [-0.2, 0) is 19.6 Å². The van der Waals surface area contributed by atoms with Crippen LogP contribution < -0.4 is 5.32 Å². The summed E-state index contributed by atoms with van der Waals surface area (Å²) in [6.45, 7) is 6.25. The number of carbonyl (C=O) groups is 2. The van der Waals surface area contributed by atoms with E-state index in [1.807, 2.05) is 26.8 Å². The van der Waals surface area contributed by atoms with Gasteiger partial charge in [0.05, 0.1) is 17.6 Å². The number of nitrogens with one attached hydrogen (secondary N) is 1. The molecule has 2 aromatic rings. The molecule has 1 saturated heterocycles. The maximum Gasteiger partial charge on any atom is 0.337 e. The van der Waals surface area contributed by atoms with Crippen molar-refractivity contribution in [1.29, 1.82) is 0 Å². The molecule has 1 aliphatic heterocycles. The number of hydrogen-bond donors (Lipinski definition) is 1. The summed E-state index contributed by atoms with van der Waals surface area (Å²) in [7, 11) is -2.28. The highest BCUT2D eigenvalue weighted by Crippen LogP contribution is 2.27. The maximum absolute atomic E-state index is 13.0. The Hall–Kier alpha value is -2.71. The molecule has 0 bridgehead atoms. The zero-order valence-electron chi connectivity index (χ0n) is 18.3. The number of esters is 1. The van der Waals surface area contributed by atoms with E-state index in [2.05, 4.69) is 5.32 Å². The van der Waals surface area contributed by atoms with Gasteiger partial charge in [-0.25, -0.2) is 13.2 Å². The molecule has 0 atom stereocenters. The number of benzene rings is 2. The molecule has 0 aromatic heterocycles. The molecule has 0 radical (unpaired) electrons. The predicted octanol–water partition coefficient (Wildman–Crippen LogP) is 3.44. The fourth-order valence-electron chi connectivity index (χ4n) is 3.62. The van der Waals surface area contributed by atoms with Crippen LogP contribution in [0.15, 0.2) is 41.3 Å². The number of piperidine rings is 1. The summed E-state index contributed by atoms with van der Waals surface area (Å²) in [5.41, 5.74) is 3.72. The highest BCUT2D eigenvalue weighted by Gasteiger charge is 2.32. The van der Waals surface area contributed by atoms with Crippen molar-refractivity contribution in [3.63, 3.8) is 0 Å². The lowest BCUT2D eigenvalue weighted by atomic mass is 9.97. The van der Waals surface area contributed by atoms with E-state index in [0.29, 0.717) is 24.1 Å². The van der Waals surface area contributed by atoms with Crippen LogP contribution >= 0.6 is 0 Å². The lowest BCUT2D eigenvalue weighted by Crippen LogP contribution is -2.41. The van der Waals surface area contributed by atoms with E-state index >= 15 is 0 Å². The number of ether oxygens (including phenoxy) is 1. The molecule has 0 unspecified atom stereocenters. The van der Waals surface area contributed by atoms with Gasteiger partial charge in [-0.3, -0.25) is 4.79 Å². The van der Waals surface area contributed by atoms with Crippen molar-refractivity contribution in [1.82, 2.24) is 4.31 Å². The molecule has 1 aliphatic rings. The molecule has 1 fully saturated rings. The van der Waals surface area contributed by atoms with Gasteiger partial charge in [-0.15, -0.1) is 0 Å². The van der Waals surface area contributed by atoms with Gasteiger partial charge in [0.25, 0.3) is 0 Å². The number of anilines is 1. The summed E-state index contributed by atoms with van der Waals surface area (Å²) in [6.07, 6.45) is 0.872. The standard InChI is InChI=1S/C23H28N2O5S/c1-15-6-8-20(13-17(15)3)31(28,29)25-11-9-18(10-12-25)22(26)24-21-14-19(23(27)30-4)7-5-16(21)2/h5-8,13-14,18H,9-12H2,1-4H3,(H,24,26). The first-order valence-corrected chi connectivity index (χ1v) is 11.6. The van der Waals surface area contributed by atoms with Gasteiger partial charge >= 0.3 is 5.97 Å². The lowest BCUT2D eigenvalue weighted by Gasteiger charge is -2.30. The minimum absolute atomic E-state index is 0.173. The highest BCUT2D eigenvalue weighted by atomic mass is 32.2. The SMILES string of the molecule is COC(=O)c1ccc(C)c(NC(=O)C2CCN(S(=O)(=O)c3ccc(C)c(C)c3)CC2)c1. The Morgan fingerprint density at radius 3 is 2.23 bits per heavy atom. The average molecular weight is 445 g/mol. The quantitative estimate of drug-likeness (QED) is 0.713. The van der Waals surface area contributed by atoms with Crippen LogP contribution in [0.25, 0.3) is 0 Å². The van der Waals surface area contributed by atoms with Crippen LogP contribution in [0.1, 0.15) is 39.9 Å². The Labute approximate surface area is 183 Å². The topological polar surface area (TPSA) is 92.8 Å². The molecule has 0 spiro atoms. The van der Waals surface area contributed by atoms with E-state index in [9.17, 15) is 18.0 Å². The zero-order chi connectivity index (χ0) is 22.8. The number of aryl methyl sites for hydroxylation is 3. The van der Waals surface area contributed by atoms with Gasteiger partial charge in [0.1, 0.15) is 0 Å². The minimum Gasteiger partial charge on any atom is -0.465 e. The number of sulfonamides is 1. The molecule has 2 aromatic carbocycles. The first-order chi connectivity index (χ1) is 14.6. The molecule has 1 amide bonds. The minimum atomic E-state index is -3.58. The first-order valence-electron chi connectivity index (χ1n) is 10.2. The predicted molar refractivity (Wildman–Crippen MR) is 119 cm³/mol. The number of carbonyl (C=O) groups excluding carboxylic acids is 2. The second kappa shape index (κ2) is 9.20. The van der Waals surface area contributed by atoms with Crippen molar-refractivity contribution in [2.75, 3.05) is 25.5 Å². The fraction of sp³-hybridized carbons (Fsp3) is 0.391. The van der Waals surface area contributed by atoms with Crippen LogP contribution in [0.4, 0.5) is 5.69 Å². The van der Waals surface area contributed by atoms with Crippen molar-refractivity contribution in [2.24, 2.45) is 5.92 Å². The van der Waals surface area contributed by atoms with Gasteiger partial charge in [0.2, 0.25) is 15.9 Å². The van der Waals surface area contributed by atoms with E-state index in [0.717, 1.165) is 16.7 Å². The van der Waals surface area contributed by atoms with Gasteiger partial charge in [-0.05, 0) is 74.6 Å². The third-order valence-corrected chi connectivity index (χ3v) is 7.75. The first kappa shape index (κ1) is 23.0. The molecule has 1 heterocycles. The molecular formula is C23H28N2O5S. The van der Waals surface area contributed by atoms with Crippen molar-refractivity contribution in [2.45, 2.75) is 38.5 Å². The van der Waals surface area contributed by atoms with E-state index in [4.69, 9.17) is 4.74 Å². The van der Waals surface area contributed by atoms with Crippen molar-refractivity contribution >= 4 is 27.6 Å². The molecule has 31 heavy (non-hydrogen) atoms. The highest BCUT2D eigenvalue weighted by molar-refractivity contribution is 7.89. The third kappa shape index (κ3) is 4.97. The Balaban J connectivity index is 1.66. The Bertz CT molecular complexity index is 1100. The summed E-state index contributed by atoms with van der Waals surface area (Å²) in [5.74, 6) is -0.943. The van der Waals surface area contributed by atoms with Crippen LogP contribution in [0.3, 0.4) is 0 Å². The summed E-state index contributed by atoms with van der Waals surface area (Å²) >= 11 is 0. The Morgan fingerprint density at radius 2 is 1.61 bits per heavy atom. The van der Waals surface area contributed by atoms with Crippen LogP contribution in [0.5, 0.6) is 0 Å². The molecule has 8 heteroatoms. The smallest absolute Gasteiger partial charge is 0.337 e. The summed E-state index contributed by atoms with van der Waals surface area (Å²) in [6, 6.07) is 10.1. The third-order valence-electron chi connectivity index (χ3n) is 5.86. The summed E-state index contributed by atoms with van der Waals surface area (Å²) in [4.78, 5) is 24.8. The Morgan fingerprint density at radius 1 is 0.968 bits per heavy atom. The normalized spacial score (nSPS) is 15.5. The Kier molecular flexibility index (Phi) is 6.81. The number of rotatable bonds is 5. The van der Waals surface area contributed by atoms with Crippen LogP contribution in [-0.4, -0.2) is 44.8 Å². The van der Waals surface area contributed by atoms with E-state index in [1.165, 1.54) is 11.4 Å². The number of amides is 1. The molecule has 166 valence electrons. The molecule has 0 aliphatic carbocycles. The van der Waals surface area contributed by atoms with Crippen molar-refractivity contribution < 1.29 is 22.7 Å². The number of methoxy groups -OCH3 is 1. The molecule has 0 saturated carbocycles. The van der Waals surface area contributed by atoms with Crippen molar-refractivity contribution in [3.05, 3.63) is 58.7 Å². The van der Waals surface area contributed by atoms with E-state index < -0.39 is 16.0 Å². The zero-order valence-corrected chi connectivity index (χ0v) is 19.1. The van der Waals surface area contributed by atoms with Crippen molar-refractivity contribution in [3.8, 4) is 0 Å². The van der Waals surface area contributed by atoms with Gasteiger partial charge < -0.3 is 10.1 Å². The lowest BCUT2D eigenvalue weighted by molar-refractivity contribution is -0.120. The van der Waals surface area contributed by atoms with Gasteiger partial charge in [0.15, 0.2) is 0 Å². The maximum atomic E-state index is 13.0. The second-order valence-electron chi connectivity index (χ2n) is 7.93. The average Bonchev–Trinajstić information content (AvgIpc) is 2.76. The van der Waals surface area contributed by atoms with Crippen LogP contribution in [0, 0.1) is 26.7 Å². The second-order valence-corrected chi connectivity index (χ2v) is 9.87. The monoisotopic (exact) mass is 444 g/mol. The molecule has 3 rings (SSSR count).